The molecule has 1 aliphatic rings. The zero-order chi connectivity index (χ0) is 18.0. The second-order valence-electron chi connectivity index (χ2n) is 5.55. The van der Waals surface area contributed by atoms with Crippen LogP contribution in [0.5, 0.6) is 5.75 Å². The Balaban J connectivity index is 1.95. The van der Waals surface area contributed by atoms with Gasteiger partial charge >= 0.3 is 11.7 Å². The van der Waals surface area contributed by atoms with Gasteiger partial charge in [0.15, 0.2) is 5.75 Å². The quantitative estimate of drug-likeness (QED) is 0.366. The molecule has 1 heterocycles. The molecular formula is C19H15NO5. The fraction of sp³-hybridized carbons (Fsp3) is 0.105. The first kappa shape index (κ1) is 16.4. The van der Waals surface area contributed by atoms with E-state index in [1.54, 1.807) is 18.2 Å². The number of cyclic esters (lactones) is 1. The van der Waals surface area contributed by atoms with Crippen molar-refractivity contribution in [1.29, 1.82) is 0 Å². The summed E-state index contributed by atoms with van der Waals surface area (Å²) < 4.78 is 10.3. The highest BCUT2D eigenvalue weighted by Gasteiger charge is 2.22. The van der Waals surface area contributed by atoms with Crippen molar-refractivity contribution in [3.05, 3.63) is 80.9 Å². The lowest BCUT2D eigenvalue weighted by Gasteiger charge is -2.02. The van der Waals surface area contributed by atoms with Crippen LogP contribution in [0.4, 0.5) is 5.69 Å². The van der Waals surface area contributed by atoms with Crippen LogP contribution in [0.1, 0.15) is 16.7 Å². The SMILES string of the molecule is COc1ccc(/C=C2/C=C(c3ccc(C)cc3)OC2=O)cc1[N+](=O)[O-]. The number of aryl methyl sites for hydroxylation is 1. The van der Waals surface area contributed by atoms with Gasteiger partial charge in [-0.2, -0.15) is 0 Å². The Hall–Kier alpha value is -3.41. The molecule has 6 nitrogen and oxygen atoms in total. The molecule has 0 N–H and O–H groups in total. The number of nitrogens with zero attached hydrogens (tertiary/aromatic N) is 1. The predicted octanol–water partition coefficient (Wildman–Crippen LogP) is 3.89. The molecule has 0 saturated heterocycles. The number of benzene rings is 2. The van der Waals surface area contributed by atoms with Crippen molar-refractivity contribution < 1.29 is 19.2 Å². The number of nitro benzene ring substituents is 1. The van der Waals surface area contributed by atoms with E-state index in [0.717, 1.165) is 11.1 Å². The lowest BCUT2D eigenvalue weighted by atomic mass is 10.1. The highest BCUT2D eigenvalue weighted by atomic mass is 16.6. The fourth-order valence-corrected chi connectivity index (χ4v) is 2.47. The number of nitro groups is 1. The molecule has 2 aromatic carbocycles. The van der Waals surface area contributed by atoms with Gasteiger partial charge in [-0.25, -0.2) is 4.79 Å². The summed E-state index contributed by atoms with van der Waals surface area (Å²) in [6.07, 6.45) is 3.18. The summed E-state index contributed by atoms with van der Waals surface area (Å²) >= 11 is 0. The maximum Gasteiger partial charge on any atom is 0.343 e. The molecule has 6 heteroatoms. The summed E-state index contributed by atoms with van der Waals surface area (Å²) in [5.41, 5.74) is 2.58. The molecule has 25 heavy (non-hydrogen) atoms. The summed E-state index contributed by atoms with van der Waals surface area (Å²) in [4.78, 5) is 22.6. The van der Waals surface area contributed by atoms with Crippen molar-refractivity contribution in [1.82, 2.24) is 0 Å². The van der Waals surface area contributed by atoms with Crippen LogP contribution < -0.4 is 4.74 Å². The fourth-order valence-electron chi connectivity index (χ4n) is 2.47. The van der Waals surface area contributed by atoms with Gasteiger partial charge in [-0.05, 0) is 30.7 Å². The second kappa shape index (κ2) is 6.60. The summed E-state index contributed by atoms with van der Waals surface area (Å²) in [7, 11) is 1.37. The third-order valence-electron chi connectivity index (χ3n) is 3.78. The van der Waals surface area contributed by atoms with Gasteiger partial charge in [-0.3, -0.25) is 10.1 Å². The molecular weight excluding hydrogens is 322 g/mol. The molecule has 1 aliphatic heterocycles. The Bertz CT molecular complexity index is 910. The molecule has 3 rings (SSSR count). The first-order chi connectivity index (χ1) is 12.0. The monoisotopic (exact) mass is 337 g/mol. The van der Waals surface area contributed by atoms with E-state index in [4.69, 9.17) is 9.47 Å². The van der Waals surface area contributed by atoms with E-state index in [-0.39, 0.29) is 11.4 Å². The number of carbonyl (C=O) groups excluding carboxylic acids is 1. The lowest BCUT2D eigenvalue weighted by Crippen LogP contribution is -1.98. The van der Waals surface area contributed by atoms with E-state index in [0.29, 0.717) is 16.9 Å². The van der Waals surface area contributed by atoms with Gasteiger partial charge in [0.2, 0.25) is 0 Å². The molecule has 0 unspecified atom stereocenters. The number of rotatable bonds is 4. The van der Waals surface area contributed by atoms with Crippen LogP contribution in [0.2, 0.25) is 0 Å². The minimum absolute atomic E-state index is 0.161. The van der Waals surface area contributed by atoms with Crippen LogP contribution in [0.15, 0.2) is 54.1 Å². The van der Waals surface area contributed by atoms with Gasteiger partial charge in [0, 0.05) is 11.6 Å². The van der Waals surface area contributed by atoms with Gasteiger partial charge in [0.1, 0.15) is 5.76 Å². The van der Waals surface area contributed by atoms with E-state index < -0.39 is 10.9 Å². The maximum atomic E-state index is 12.1. The van der Waals surface area contributed by atoms with Crippen molar-refractivity contribution in [3.63, 3.8) is 0 Å². The van der Waals surface area contributed by atoms with Crippen LogP contribution >= 0.6 is 0 Å². The topological polar surface area (TPSA) is 78.7 Å². The Morgan fingerprint density at radius 2 is 1.88 bits per heavy atom. The van der Waals surface area contributed by atoms with E-state index in [1.807, 2.05) is 31.2 Å². The maximum absolute atomic E-state index is 12.1. The van der Waals surface area contributed by atoms with E-state index in [2.05, 4.69) is 0 Å². The highest BCUT2D eigenvalue weighted by molar-refractivity contribution is 6.05. The Morgan fingerprint density at radius 3 is 2.52 bits per heavy atom. The molecule has 0 aromatic heterocycles. The van der Waals surface area contributed by atoms with Gasteiger partial charge < -0.3 is 9.47 Å². The van der Waals surface area contributed by atoms with Crippen molar-refractivity contribution in [2.45, 2.75) is 6.92 Å². The van der Waals surface area contributed by atoms with Crippen LogP contribution in [0.3, 0.4) is 0 Å². The molecule has 0 amide bonds. The molecule has 2 aromatic rings. The Morgan fingerprint density at radius 1 is 1.16 bits per heavy atom. The number of methoxy groups -OCH3 is 1. The van der Waals surface area contributed by atoms with Crippen molar-refractivity contribution in [2.75, 3.05) is 7.11 Å². The second-order valence-corrected chi connectivity index (χ2v) is 5.55. The molecule has 0 fully saturated rings. The zero-order valence-electron chi connectivity index (χ0n) is 13.7. The molecule has 126 valence electrons. The molecule has 0 atom stereocenters. The summed E-state index contributed by atoms with van der Waals surface area (Å²) in [6.45, 7) is 1.97. The third kappa shape index (κ3) is 3.42. The normalized spacial score (nSPS) is 15.0. The smallest absolute Gasteiger partial charge is 0.343 e. The van der Waals surface area contributed by atoms with Gasteiger partial charge in [-0.15, -0.1) is 0 Å². The van der Waals surface area contributed by atoms with Crippen molar-refractivity contribution in [3.8, 4) is 5.75 Å². The molecule has 0 spiro atoms. The van der Waals surface area contributed by atoms with Crippen molar-refractivity contribution >= 4 is 23.5 Å². The van der Waals surface area contributed by atoms with Gasteiger partial charge in [0.25, 0.3) is 0 Å². The third-order valence-corrected chi connectivity index (χ3v) is 3.78. The Labute approximate surface area is 144 Å². The van der Waals surface area contributed by atoms with Gasteiger partial charge in [0.05, 0.1) is 17.6 Å². The summed E-state index contributed by atoms with van der Waals surface area (Å²) in [5.74, 6) is 0.130. The number of ether oxygens (including phenoxy) is 2. The summed E-state index contributed by atoms with van der Waals surface area (Å²) in [6, 6.07) is 12.1. The molecule has 0 aliphatic carbocycles. The Kier molecular flexibility index (Phi) is 4.35. The number of esters is 1. The van der Waals surface area contributed by atoms with E-state index in [9.17, 15) is 14.9 Å². The van der Waals surface area contributed by atoms with Crippen LogP contribution in [0, 0.1) is 17.0 Å². The molecule has 0 bridgehead atoms. The average molecular weight is 337 g/mol. The van der Waals surface area contributed by atoms with Crippen LogP contribution in [-0.2, 0) is 9.53 Å². The summed E-state index contributed by atoms with van der Waals surface area (Å²) in [5, 5.41) is 11.1. The standard InChI is InChI=1S/C19H15NO5/c1-12-3-6-14(7-4-12)18-11-15(19(21)25-18)9-13-5-8-17(24-2)16(10-13)20(22)23/h3-11H,1-2H3/b15-9-. The van der Waals surface area contributed by atoms with Crippen LogP contribution in [0.25, 0.3) is 11.8 Å². The molecule has 0 saturated carbocycles. The lowest BCUT2D eigenvalue weighted by molar-refractivity contribution is -0.385. The first-order valence-corrected chi connectivity index (χ1v) is 7.53. The number of hydrogen-bond donors (Lipinski definition) is 0. The minimum Gasteiger partial charge on any atom is -0.490 e. The number of carbonyl (C=O) groups is 1. The highest BCUT2D eigenvalue weighted by Crippen LogP contribution is 2.31. The predicted molar refractivity (Wildman–Crippen MR) is 92.9 cm³/mol. The largest absolute Gasteiger partial charge is 0.490 e. The van der Waals surface area contributed by atoms with Crippen molar-refractivity contribution in [2.24, 2.45) is 0 Å². The average Bonchev–Trinajstić information content (AvgIpc) is 2.96. The minimum atomic E-state index is -0.526. The zero-order valence-corrected chi connectivity index (χ0v) is 13.7. The van der Waals surface area contributed by atoms with E-state index >= 15 is 0 Å². The van der Waals surface area contributed by atoms with Crippen LogP contribution in [-0.4, -0.2) is 18.0 Å². The molecule has 0 radical (unpaired) electrons. The number of hydrogen-bond acceptors (Lipinski definition) is 5. The van der Waals surface area contributed by atoms with Gasteiger partial charge in [-0.1, -0.05) is 35.9 Å². The van der Waals surface area contributed by atoms with E-state index in [1.165, 1.54) is 19.2 Å². The first-order valence-electron chi connectivity index (χ1n) is 7.53.